The average molecular weight is 315 g/mol. The number of carbonyl (C=O) groups is 2. The van der Waals surface area contributed by atoms with Gasteiger partial charge in [0.1, 0.15) is 0 Å². The number of amides is 3. The summed E-state index contributed by atoms with van der Waals surface area (Å²) in [4.78, 5) is 26.4. The van der Waals surface area contributed by atoms with Gasteiger partial charge in [0.15, 0.2) is 0 Å². The highest BCUT2D eigenvalue weighted by atomic mass is 16.2. The number of fused-ring (bicyclic) bond motifs is 1. The topological polar surface area (TPSA) is 61.4 Å². The fourth-order valence-corrected chi connectivity index (χ4v) is 2.92. The van der Waals surface area contributed by atoms with E-state index in [9.17, 15) is 9.59 Å². The van der Waals surface area contributed by atoms with Crippen molar-refractivity contribution in [1.82, 2.24) is 5.32 Å². The minimum absolute atomic E-state index is 0.139. The molecule has 1 aromatic carbocycles. The monoisotopic (exact) mass is 315 g/mol. The highest BCUT2D eigenvalue weighted by Gasteiger charge is 2.35. The summed E-state index contributed by atoms with van der Waals surface area (Å²) in [5.41, 5.74) is 2.90. The van der Waals surface area contributed by atoms with E-state index >= 15 is 0 Å². The molecule has 5 heteroatoms. The summed E-state index contributed by atoms with van der Waals surface area (Å²) in [5, 5.41) is 5.76. The van der Waals surface area contributed by atoms with Crippen LogP contribution in [0, 0.1) is 5.92 Å². The number of carbonyl (C=O) groups excluding carboxylic acids is 2. The molecule has 2 N–H and O–H groups in total. The van der Waals surface area contributed by atoms with Gasteiger partial charge in [-0.3, -0.25) is 4.79 Å². The molecule has 5 nitrogen and oxygen atoms in total. The van der Waals surface area contributed by atoms with Crippen LogP contribution < -0.4 is 15.5 Å². The van der Waals surface area contributed by atoms with Crippen LogP contribution in [0.25, 0.3) is 0 Å². The molecule has 1 aliphatic carbocycles. The number of urea groups is 1. The van der Waals surface area contributed by atoms with E-state index in [0.717, 1.165) is 50.0 Å². The number of nitrogens with zero attached hydrogens (tertiary/aromatic N) is 1. The lowest BCUT2D eigenvalue weighted by molar-refractivity contribution is -0.119. The van der Waals surface area contributed by atoms with E-state index < -0.39 is 0 Å². The van der Waals surface area contributed by atoms with Gasteiger partial charge in [0.05, 0.1) is 0 Å². The highest BCUT2D eigenvalue weighted by molar-refractivity contribution is 5.98. The van der Waals surface area contributed by atoms with E-state index in [1.807, 2.05) is 36.9 Å². The van der Waals surface area contributed by atoms with Crippen LogP contribution in [0.15, 0.2) is 18.2 Å². The fraction of sp³-hybridized carbons (Fsp3) is 0.556. The largest absolute Gasteiger partial charge is 0.335 e. The Labute approximate surface area is 137 Å². The molecule has 3 rings (SSSR count). The molecule has 3 amide bonds. The van der Waals surface area contributed by atoms with Crippen molar-refractivity contribution in [1.29, 1.82) is 0 Å². The van der Waals surface area contributed by atoms with Crippen molar-refractivity contribution in [3.05, 3.63) is 23.8 Å². The zero-order valence-electron chi connectivity index (χ0n) is 13.9. The molecule has 23 heavy (non-hydrogen) atoms. The molecule has 1 aliphatic heterocycles. The zero-order chi connectivity index (χ0) is 16.4. The average Bonchev–Trinajstić information content (AvgIpc) is 3.38. The molecule has 2 aliphatic rings. The molecule has 0 radical (unpaired) electrons. The summed E-state index contributed by atoms with van der Waals surface area (Å²) in [7, 11) is 0. The maximum atomic E-state index is 12.5. The second kappa shape index (κ2) is 6.60. The Kier molecular flexibility index (Phi) is 4.55. The van der Waals surface area contributed by atoms with E-state index in [2.05, 4.69) is 10.6 Å². The van der Waals surface area contributed by atoms with Crippen molar-refractivity contribution in [2.45, 2.75) is 52.0 Å². The molecule has 1 fully saturated rings. The SMILES string of the molecule is CCC(C)NC(=O)Nc1ccc2c(c1)N(C(=O)C1CC1)CCC2. The van der Waals surface area contributed by atoms with Gasteiger partial charge in [0.2, 0.25) is 5.91 Å². The van der Waals surface area contributed by atoms with Gasteiger partial charge < -0.3 is 15.5 Å². The lowest BCUT2D eigenvalue weighted by Crippen LogP contribution is -2.37. The van der Waals surface area contributed by atoms with Crippen molar-refractivity contribution < 1.29 is 9.59 Å². The van der Waals surface area contributed by atoms with Gasteiger partial charge in [0, 0.05) is 29.9 Å². The van der Waals surface area contributed by atoms with Crippen molar-refractivity contribution in [3.63, 3.8) is 0 Å². The van der Waals surface area contributed by atoms with Gasteiger partial charge in [-0.05, 0) is 56.7 Å². The Balaban J connectivity index is 1.75. The Morgan fingerprint density at radius 3 is 2.83 bits per heavy atom. The molecule has 0 saturated heterocycles. The van der Waals surface area contributed by atoms with Crippen LogP contribution in [0.5, 0.6) is 0 Å². The molecule has 1 atom stereocenters. The molecule has 124 valence electrons. The fourth-order valence-electron chi connectivity index (χ4n) is 2.92. The molecule has 1 heterocycles. The molecular formula is C18H25N3O2. The van der Waals surface area contributed by atoms with Crippen LogP contribution in [0.2, 0.25) is 0 Å². The second-order valence-corrected chi connectivity index (χ2v) is 6.62. The number of benzene rings is 1. The molecule has 0 bridgehead atoms. The summed E-state index contributed by atoms with van der Waals surface area (Å²) in [6.07, 6.45) is 4.91. The standard InChI is InChI=1S/C18H25N3O2/c1-3-12(2)19-18(23)20-15-9-8-13-5-4-10-21(16(13)11-15)17(22)14-6-7-14/h8-9,11-12,14H,3-7,10H2,1-2H3,(H2,19,20,23). The number of aryl methyl sites for hydroxylation is 1. The maximum absolute atomic E-state index is 12.5. The lowest BCUT2D eigenvalue weighted by atomic mass is 10.0. The second-order valence-electron chi connectivity index (χ2n) is 6.62. The highest BCUT2D eigenvalue weighted by Crippen LogP contribution is 2.36. The van der Waals surface area contributed by atoms with Crippen molar-refractivity contribution in [2.24, 2.45) is 5.92 Å². The first kappa shape index (κ1) is 15.8. The number of nitrogens with one attached hydrogen (secondary N) is 2. The molecule has 0 spiro atoms. The van der Waals surface area contributed by atoms with Crippen LogP contribution in [0.3, 0.4) is 0 Å². The summed E-state index contributed by atoms with van der Waals surface area (Å²) >= 11 is 0. The number of anilines is 2. The summed E-state index contributed by atoms with van der Waals surface area (Å²) in [6.45, 7) is 4.79. The van der Waals surface area contributed by atoms with Crippen LogP contribution in [0.4, 0.5) is 16.2 Å². The van der Waals surface area contributed by atoms with Gasteiger partial charge in [0.25, 0.3) is 0 Å². The molecule has 1 aromatic rings. The zero-order valence-corrected chi connectivity index (χ0v) is 13.9. The Morgan fingerprint density at radius 2 is 2.13 bits per heavy atom. The van der Waals surface area contributed by atoms with Gasteiger partial charge in [-0.1, -0.05) is 13.0 Å². The summed E-state index contributed by atoms with van der Waals surface area (Å²) in [5.74, 6) is 0.457. The third-order valence-corrected chi connectivity index (χ3v) is 4.64. The summed E-state index contributed by atoms with van der Waals surface area (Å²) in [6, 6.07) is 5.82. The minimum atomic E-state index is -0.199. The quantitative estimate of drug-likeness (QED) is 0.895. The predicted octanol–water partition coefficient (Wildman–Crippen LogP) is 3.30. The van der Waals surface area contributed by atoms with Crippen LogP contribution >= 0.6 is 0 Å². The first-order chi connectivity index (χ1) is 11.1. The Morgan fingerprint density at radius 1 is 1.35 bits per heavy atom. The smallest absolute Gasteiger partial charge is 0.319 e. The first-order valence-electron chi connectivity index (χ1n) is 8.60. The number of hydrogen-bond acceptors (Lipinski definition) is 2. The first-order valence-corrected chi connectivity index (χ1v) is 8.60. The van der Waals surface area contributed by atoms with E-state index in [-0.39, 0.29) is 23.9 Å². The third kappa shape index (κ3) is 3.66. The normalized spacial score (nSPS) is 18.1. The number of rotatable bonds is 4. The summed E-state index contributed by atoms with van der Waals surface area (Å²) < 4.78 is 0. The molecule has 1 saturated carbocycles. The van der Waals surface area contributed by atoms with E-state index in [0.29, 0.717) is 0 Å². The molecular weight excluding hydrogens is 290 g/mol. The minimum Gasteiger partial charge on any atom is -0.335 e. The maximum Gasteiger partial charge on any atom is 0.319 e. The Hall–Kier alpha value is -2.04. The van der Waals surface area contributed by atoms with Crippen molar-refractivity contribution >= 4 is 23.3 Å². The van der Waals surface area contributed by atoms with Crippen LogP contribution in [0.1, 0.15) is 45.1 Å². The number of hydrogen-bond donors (Lipinski definition) is 2. The van der Waals surface area contributed by atoms with E-state index in [4.69, 9.17) is 0 Å². The van der Waals surface area contributed by atoms with Gasteiger partial charge in [-0.25, -0.2) is 4.79 Å². The van der Waals surface area contributed by atoms with E-state index in [1.54, 1.807) is 0 Å². The third-order valence-electron chi connectivity index (χ3n) is 4.64. The van der Waals surface area contributed by atoms with Gasteiger partial charge in [-0.2, -0.15) is 0 Å². The van der Waals surface area contributed by atoms with Gasteiger partial charge in [-0.15, -0.1) is 0 Å². The van der Waals surface area contributed by atoms with E-state index in [1.165, 1.54) is 5.56 Å². The lowest BCUT2D eigenvalue weighted by Gasteiger charge is -2.30. The van der Waals surface area contributed by atoms with Crippen molar-refractivity contribution in [3.8, 4) is 0 Å². The predicted molar refractivity (Wildman–Crippen MR) is 91.7 cm³/mol. The Bertz CT molecular complexity index is 610. The van der Waals surface area contributed by atoms with Crippen LogP contribution in [-0.2, 0) is 11.2 Å². The van der Waals surface area contributed by atoms with Crippen LogP contribution in [-0.4, -0.2) is 24.5 Å². The molecule has 1 unspecified atom stereocenters. The van der Waals surface area contributed by atoms with Crippen molar-refractivity contribution in [2.75, 3.05) is 16.8 Å². The van der Waals surface area contributed by atoms with Gasteiger partial charge >= 0.3 is 6.03 Å². The molecule has 0 aromatic heterocycles.